The third-order valence-corrected chi connectivity index (χ3v) is 4.53. The van der Waals surface area contributed by atoms with Crippen molar-refractivity contribution in [2.75, 3.05) is 6.54 Å². The quantitative estimate of drug-likeness (QED) is 0.837. The Morgan fingerprint density at radius 2 is 1.94 bits per heavy atom. The van der Waals surface area contributed by atoms with Crippen LogP contribution in [-0.2, 0) is 14.8 Å². The molecule has 16 heavy (non-hydrogen) atoms. The van der Waals surface area contributed by atoms with E-state index in [0.717, 1.165) is 4.31 Å². The van der Waals surface area contributed by atoms with Gasteiger partial charge in [-0.1, -0.05) is 18.2 Å². The molecule has 1 aromatic carbocycles. The summed E-state index contributed by atoms with van der Waals surface area (Å²) in [4.78, 5) is 10.9. The molecule has 0 amide bonds. The first-order valence-electron chi connectivity index (χ1n) is 4.83. The molecule has 1 aliphatic rings. The molecule has 6 heteroatoms. The van der Waals surface area contributed by atoms with Gasteiger partial charge in [0.2, 0.25) is 10.0 Å². The molecule has 1 fully saturated rings. The van der Waals surface area contributed by atoms with E-state index in [4.69, 9.17) is 5.11 Å². The number of carboxylic acids is 1. The monoisotopic (exact) mass is 241 g/mol. The number of aliphatic carboxylic acids is 1. The highest BCUT2D eigenvalue weighted by Crippen LogP contribution is 2.26. The van der Waals surface area contributed by atoms with Gasteiger partial charge in [-0.2, -0.15) is 4.31 Å². The molecule has 0 aromatic heterocycles. The molecule has 1 atom stereocenters. The molecule has 86 valence electrons. The van der Waals surface area contributed by atoms with Crippen molar-refractivity contribution < 1.29 is 18.3 Å². The van der Waals surface area contributed by atoms with Gasteiger partial charge in [0, 0.05) is 6.54 Å². The Kier molecular flexibility index (Phi) is 2.69. The van der Waals surface area contributed by atoms with Crippen molar-refractivity contribution >= 4 is 16.0 Å². The van der Waals surface area contributed by atoms with Crippen LogP contribution < -0.4 is 0 Å². The number of sulfonamides is 1. The topological polar surface area (TPSA) is 74.7 Å². The van der Waals surface area contributed by atoms with Crippen molar-refractivity contribution in [3.8, 4) is 0 Å². The summed E-state index contributed by atoms with van der Waals surface area (Å²) in [6.07, 6.45) is 0.376. The Bertz CT molecular complexity index is 497. The average Bonchev–Trinajstić information content (AvgIpc) is 2.15. The SMILES string of the molecule is O=C(O)[C@H]1CCN1S(=O)(=O)c1ccccc1. The summed E-state index contributed by atoms with van der Waals surface area (Å²) < 4.78 is 25.0. The lowest BCUT2D eigenvalue weighted by Gasteiger charge is -2.36. The molecule has 1 saturated heterocycles. The zero-order valence-electron chi connectivity index (χ0n) is 8.41. The van der Waals surface area contributed by atoms with E-state index in [1.54, 1.807) is 18.2 Å². The first kappa shape index (κ1) is 11.1. The zero-order valence-corrected chi connectivity index (χ0v) is 9.22. The van der Waals surface area contributed by atoms with Crippen molar-refractivity contribution in [1.29, 1.82) is 0 Å². The van der Waals surface area contributed by atoms with Crippen LogP contribution in [0.4, 0.5) is 0 Å². The van der Waals surface area contributed by atoms with E-state index in [9.17, 15) is 13.2 Å². The highest BCUT2D eigenvalue weighted by atomic mass is 32.2. The zero-order chi connectivity index (χ0) is 11.8. The second-order valence-corrected chi connectivity index (χ2v) is 5.46. The Labute approximate surface area is 93.4 Å². The lowest BCUT2D eigenvalue weighted by atomic mass is 10.1. The fourth-order valence-electron chi connectivity index (χ4n) is 1.63. The van der Waals surface area contributed by atoms with Gasteiger partial charge in [0.05, 0.1) is 4.90 Å². The van der Waals surface area contributed by atoms with Gasteiger partial charge in [-0.3, -0.25) is 4.79 Å². The van der Waals surface area contributed by atoms with Gasteiger partial charge < -0.3 is 5.11 Å². The van der Waals surface area contributed by atoms with Crippen LogP contribution in [0, 0.1) is 0 Å². The molecular formula is C10H11NO4S. The molecule has 2 rings (SSSR count). The summed E-state index contributed by atoms with van der Waals surface area (Å²) in [6.45, 7) is 0.272. The van der Waals surface area contributed by atoms with Gasteiger partial charge in [0.1, 0.15) is 6.04 Å². The second kappa shape index (κ2) is 3.88. The lowest BCUT2D eigenvalue weighted by molar-refractivity contribution is -0.144. The standard InChI is InChI=1S/C10H11NO4S/c12-10(13)9-6-7-11(9)16(14,15)8-4-2-1-3-5-8/h1-5,9H,6-7H2,(H,12,13)/t9-/m1/s1. The molecule has 5 nitrogen and oxygen atoms in total. The number of carbonyl (C=O) groups is 1. The van der Waals surface area contributed by atoms with Gasteiger partial charge in [-0.15, -0.1) is 0 Å². The van der Waals surface area contributed by atoms with E-state index in [-0.39, 0.29) is 11.4 Å². The maximum absolute atomic E-state index is 12.0. The summed E-state index contributed by atoms with van der Waals surface area (Å²) in [7, 11) is -3.64. The highest BCUT2D eigenvalue weighted by Gasteiger charge is 2.42. The minimum absolute atomic E-state index is 0.140. The summed E-state index contributed by atoms with van der Waals surface area (Å²) in [5.41, 5.74) is 0. The fourth-order valence-corrected chi connectivity index (χ4v) is 3.27. The van der Waals surface area contributed by atoms with Crippen molar-refractivity contribution in [2.45, 2.75) is 17.4 Å². The summed E-state index contributed by atoms with van der Waals surface area (Å²) in [5.74, 6) is -1.09. The predicted octanol–water partition coefficient (Wildman–Crippen LogP) is 0.534. The fraction of sp³-hybridized carbons (Fsp3) is 0.300. The van der Waals surface area contributed by atoms with E-state index < -0.39 is 22.0 Å². The van der Waals surface area contributed by atoms with Crippen LogP contribution in [0.15, 0.2) is 35.2 Å². The molecule has 0 bridgehead atoms. The van der Waals surface area contributed by atoms with Gasteiger partial charge in [-0.25, -0.2) is 8.42 Å². The molecule has 1 heterocycles. The highest BCUT2D eigenvalue weighted by molar-refractivity contribution is 7.89. The molecule has 1 N–H and O–H groups in total. The summed E-state index contributed by atoms with van der Waals surface area (Å²) in [6, 6.07) is 6.96. The lowest BCUT2D eigenvalue weighted by Crippen LogP contribution is -2.54. The molecule has 0 spiro atoms. The van der Waals surface area contributed by atoms with Crippen molar-refractivity contribution in [3.63, 3.8) is 0 Å². The van der Waals surface area contributed by atoms with E-state index in [2.05, 4.69) is 0 Å². The molecule has 1 aliphatic heterocycles. The third kappa shape index (κ3) is 1.70. The number of carboxylic acid groups (broad SMARTS) is 1. The van der Waals surface area contributed by atoms with E-state index in [1.165, 1.54) is 12.1 Å². The predicted molar refractivity (Wildman–Crippen MR) is 56.4 cm³/mol. The maximum atomic E-state index is 12.0. The Hall–Kier alpha value is -1.40. The Balaban J connectivity index is 2.31. The molecule has 0 aliphatic carbocycles. The Morgan fingerprint density at radius 1 is 1.31 bits per heavy atom. The van der Waals surface area contributed by atoms with Crippen LogP contribution in [0.2, 0.25) is 0 Å². The van der Waals surface area contributed by atoms with E-state index >= 15 is 0 Å². The van der Waals surface area contributed by atoms with Crippen LogP contribution >= 0.6 is 0 Å². The minimum Gasteiger partial charge on any atom is -0.480 e. The van der Waals surface area contributed by atoms with Crippen LogP contribution in [0.5, 0.6) is 0 Å². The van der Waals surface area contributed by atoms with Gasteiger partial charge in [0.15, 0.2) is 0 Å². The third-order valence-electron chi connectivity index (χ3n) is 2.61. The van der Waals surface area contributed by atoms with Gasteiger partial charge in [0.25, 0.3) is 0 Å². The molecule has 0 saturated carbocycles. The van der Waals surface area contributed by atoms with Gasteiger partial charge in [-0.05, 0) is 18.6 Å². The largest absolute Gasteiger partial charge is 0.480 e. The first-order chi connectivity index (χ1) is 7.53. The average molecular weight is 241 g/mol. The number of hydrogen-bond donors (Lipinski definition) is 1. The van der Waals surface area contributed by atoms with Crippen LogP contribution in [0.1, 0.15) is 6.42 Å². The molecular weight excluding hydrogens is 230 g/mol. The van der Waals surface area contributed by atoms with Crippen LogP contribution in [0.3, 0.4) is 0 Å². The smallest absolute Gasteiger partial charge is 0.322 e. The second-order valence-electron chi connectivity index (χ2n) is 3.57. The summed E-state index contributed by atoms with van der Waals surface area (Å²) in [5, 5.41) is 8.81. The normalized spacial score (nSPS) is 21.4. The Morgan fingerprint density at radius 3 is 2.38 bits per heavy atom. The maximum Gasteiger partial charge on any atom is 0.322 e. The van der Waals surface area contributed by atoms with Crippen molar-refractivity contribution in [3.05, 3.63) is 30.3 Å². The van der Waals surface area contributed by atoms with E-state index in [0.29, 0.717) is 6.42 Å². The first-order valence-corrected chi connectivity index (χ1v) is 6.27. The van der Waals surface area contributed by atoms with Crippen LogP contribution in [0.25, 0.3) is 0 Å². The minimum atomic E-state index is -3.64. The molecule has 0 unspecified atom stereocenters. The summed E-state index contributed by atoms with van der Waals surface area (Å²) >= 11 is 0. The number of nitrogens with zero attached hydrogens (tertiary/aromatic N) is 1. The molecule has 0 radical (unpaired) electrons. The number of rotatable bonds is 3. The van der Waals surface area contributed by atoms with Gasteiger partial charge >= 0.3 is 5.97 Å². The molecule has 1 aromatic rings. The van der Waals surface area contributed by atoms with Crippen molar-refractivity contribution in [2.24, 2.45) is 0 Å². The van der Waals surface area contributed by atoms with E-state index in [1.807, 2.05) is 0 Å². The van der Waals surface area contributed by atoms with Crippen LogP contribution in [-0.4, -0.2) is 36.4 Å². The number of benzene rings is 1. The number of hydrogen-bond acceptors (Lipinski definition) is 3. The van der Waals surface area contributed by atoms with Crippen molar-refractivity contribution in [1.82, 2.24) is 4.31 Å².